The van der Waals surface area contributed by atoms with Crippen LogP contribution in [0.1, 0.15) is 43.2 Å². The second kappa shape index (κ2) is 6.77. The molecule has 1 saturated carbocycles. The van der Waals surface area contributed by atoms with E-state index in [1.165, 1.54) is 43.2 Å². The quantitative estimate of drug-likeness (QED) is 0.867. The zero-order valence-electron chi connectivity index (χ0n) is 13.4. The maximum atomic E-state index is 4.59. The van der Waals surface area contributed by atoms with Crippen LogP contribution in [-0.4, -0.2) is 16.0 Å². The average molecular weight is 296 g/mol. The lowest BCUT2D eigenvalue weighted by atomic mass is 9.95. The van der Waals surface area contributed by atoms with E-state index < -0.39 is 0 Å². The number of rotatable bonds is 4. The number of hydrogen-bond acceptors (Lipinski definition) is 4. The van der Waals surface area contributed by atoms with Crippen molar-refractivity contribution >= 4 is 17.5 Å². The molecular formula is C18H24N4. The number of benzene rings is 1. The highest BCUT2D eigenvalue weighted by Crippen LogP contribution is 2.22. The first kappa shape index (κ1) is 14.8. The van der Waals surface area contributed by atoms with Crippen LogP contribution >= 0.6 is 0 Å². The first-order chi connectivity index (χ1) is 10.7. The summed E-state index contributed by atoms with van der Waals surface area (Å²) in [5.41, 5.74) is 3.50. The number of hydrogen-bond donors (Lipinski definition) is 2. The largest absolute Gasteiger partial charge is 0.367 e. The fraction of sp³-hybridized carbons (Fsp3) is 0.444. The minimum atomic E-state index is 0.553. The number of aromatic nitrogens is 2. The molecule has 0 spiro atoms. The van der Waals surface area contributed by atoms with Gasteiger partial charge in [-0.1, -0.05) is 25.3 Å². The van der Waals surface area contributed by atoms with E-state index in [-0.39, 0.29) is 0 Å². The van der Waals surface area contributed by atoms with Crippen molar-refractivity contribution in [2.24, 2.45) is 0 Å². The van der Waals surface area contributed by atoms with Crippen LogP contribution in [0.5, 0.6) is 0 Å². The topological polar surface area (TPSA) is 49.8 Å². The van der Waals surface area contributed by atoms with Gasteiger partial charge in [-0.25, -0.2) is 4.98 Å². The molecule has 1 aromatic carbocycles. The molecule has 4 heteroatoms. The Morgan fingerprint density at radius 1 is 1.00 bits per heavy atom. The van der Waals surface area contributed by atoms with Crippen LogP contribution in [0.2, 0.25) is 0 Å². The van der Waals surface area contributed by atoms with Crippen LogP contribution in [0.3, 0.4) is 0 Å². The molecule has 22 heavy (non-hydrogen) atoms. The van der Waals surface area contributed by atoms with Crippen molar-refractivity contribution in [3.05, 3.63) is 41.6 Å². The van der Waals surface area contributed by atoms with Gasteiger partial charge in [0.1, 0.15) is 5.82 Å². The Morgan fingerprint density at radius 3 is 2.45 bits per heavy atom. The molecule has 1 aliphatic carbocycles. The molecule has 1 fully saturated rings. The van der Waals surface area contributed by atoms with Gasteiger partial charge in [-0.2, -0.15) is 4.98 Å². The summed E-state index contributed by atoms with van der Waals surface area (Å²) in [5, 5.41) is 6.84. The molecule has 1 heterocycles. The molecule has 1 aromatic heterocycles. The van der Waals surface area contributed by atoms with E-state index in [0.717, 1.165) is 11.5 Å². The molecular weight excluding hydrogens is 272 g/mol. The van der Waals surface area contributed by atoms with Crippen LogP contribution < -0.4 is 10.6 Å². The van der Waals surface area contributed by atoms with Crippen molar-refractivity contribution in [3.63, 3.8) is 0 Å². The summed E-state index contributed by atoms with van der Waals surface area (Å²) in [6.07, 6.45) is 8.28. The SMILES string of the molecule is Cc1cc(C)cc(Nc2nccc(NC3CCCCC3)n2)c1. The standard InChI is InChI=1S/C18H24N4/c1-13-10-14(2)12-16(11-13)21-18-19-9-8-17(22-18)20-15-6-4-3-5-7-15/h8-12,15H,3-7H2,1-2H3,(H2,19,20,21,22). The maximum absolute atomic E-state index is 4.59. The van der Waals surface area contributed by atoms with Crippen molar-refractivity contribution in [2.45, 2.75) is 52.0 Å². The van der Waals surface area contributed by atoms with E-state index in [2.05, 4.69) is 52.6 Å². The van der Waals surface area contributed by atoms with Crippen LogP contribution in [0.15, 0.2) is 30.5 Å². The Bertz CT molecular complexity index is 612. The summed E-state index contributed by atoms with van der Waals surface area (Å²) in [6, 6.07) is 8.88. The minimum absolute atomic E-state index is 0.553. The summed E-state index contributed by atoms with van der Waals surface area (Å²) in [7, 11) is 0. The third-order valence-electron chi connectivity index (χ3n) is 4.09. The van der Waals surface area contributed by atoms with E-state index in [1.54, 1.807) is 0 Å². The molecule has 0 amide bonds. The van der Waals surface area contributed by atoms with Crippen LogP contribution in [0.25, 0.3) is 0 Å². The van der Waals surface area contributed by atoms with Gasteiger partial charge in [-0.05, 0) is 56.0 Å². The molecule has 0 bridgehead atoms. The highest BCUT2D eigenvalue weighted by Gasteiger charge is 2.13. The Balaban J connectivity index is 1.70. The number of nitrogens with one attached hydrogen (secondary N) is 2. The van der Waals surface area contributed by atoms with Crippen molar-refractivity contribution in [3.8, 4) is 0 Å². The normalized spacial score (nSPS) is 15.5. The van der Waals surface area contributed by atoms with Crippen molar-refractivity contribution in [1.29, 1.82) is 0 Å². The van der Waals surface area contributed by atoms with Gasteiger partial charge in [0.25, 0.3) is 0 Å². The van der Waals surface area contributed by atoms with Crippen molar-refractivity contribution in [1.82, 2.24) is 9.97 Å². The molecule has 1 aliphatic rings. The Labute approximate surface area is 132 Å². The third kappa shape index (κ3) is 3.97. The molecule has 3 rings (SSSR count). The fourth-order valence-corrected chi connectivity index (χ4v) is 3.13. The summed E-state index contributed by atoms with van der Waals surface area (Å²) < 4.78 is 0. The smallest absolute Gasteiger partial charge is 0.229 e. The minimum Gasteiger partial charge on any atom is -0.367 e. The lowest BCUT2D eigenvalue weighted by molar-refractivity contribution is 0.462. The van der Waals surface area contributed by atoms with E-state index in [1.807, 2.05) is 12.3 Å². The van der Waals surface area contributed by atoms with Gasteiger partial charge in [0.2, 0.25) is 5.95 Å². The number of nitrogens with zero attached hydrogens (tertiary/aromatic N) is 2. The van der Waals surface area contributed by atoms with Gasteiger partial charge in [0.15, 0.2) is 0 Å². The monoisotopic (exact) mass is 296 g/mol. The first-order valence-electron chi connectivity index (χ1n) is 8.14. The zero-order chi connectivity index (χ0) is 15.4. The maximum Gasteiger partial charge on any atom is 0.229 e. The second-order valence-electron chi connectivity index (χ2n) is 6.25. The molecule has 0 unspecified atom stereocenters. The number of anilines is 3. The van der Waals surface area contributed by atoms with E-state index in [4.69, 9.17) is 0 Å². The summed E-state index contributed by atoms with van der Waals surface area (Å²) in [5.74, 6) is 1.56. The lowest BCUT2D eigenvalue weighted by Crippen LogP contribution is -2.22. The Hall–Kier alpha value is -2.10. The first-order valence-corrected chi connectivity index (χ1v) is 8.14. The molecule has 0 radical (unpaired) electrons. The van der Waals surface area contributed by atoms with Gasteiger partial charge >= 0.3 is 0 Å². The Kier molecular flexibility index (Phi) is 4.56. The van der Waals surface area contributed by atoms with Gasteiger partial charge in [0.05, 0.1) is 0 Å². The summed E-state index contributed by atoms with van der Waals surface area (Å²) >= 11 is 0. The Morgan fingerprint density at radius 2 is 1.73 bits per heavy atom. The molecule has 116 valence electrons. The lowest BCUT2D eigenvalue weighted by Gasteiger charge is -2.23. The van der Waals surface area contributed by atoms with E-state index in [9.17, 15) is 0 Å². The molecule has 2 N–H and O–H groups in total. The highest BCUT2D eigenvalue weighted by molar-refractivity contribution is 5.57. The van der Waals surface area contributed by atoms with Crippen LogP contribution in [0, 0.1) is 13.8 Å². The fourth-order valence-electron chi connectivity index (χ4n) is 3.13. The van der Waals surface area contributed by atoms with Crippen molar-refractivity contribution < 1.29 is 0 Å². The highest BCUT2D eigenvalue weighted by atomic mass is 15.1. The van der Waals surface area contributed by atoms with Crippen molar-refractivity contribution in [2.75, 3.05) is 10.6 Å². The number of aryl methyl sites for hydroxylation is 2. The van der Waals surface area contributed by atoms with Gasteiger partial charge < -0.3 is 10.6 Å². The van der Waals surface area contributed by atoms with E-state index >= 15 is 0 Å². The van der Waals surface area contributed by atoms with E-state index in [0.29, 0.717) is 12.0 Å². The average Bonchev–Trinajstić information content (AvgIpc) is 2.47. The van der Waals surface area contributed by atoms with Gasteiger partial charge in [0, 0.05) is 17.9 Å². The molecule has 4 nitrogen and oxygen atoms in total. The van der Waals surface area contributed by atoms with Gasteiger partial charge in [-0.3, -0.25) is 0 Å². The third-order valence-corrected chi connectivity index (χ3v) is 4.09. The molecule has 2 aromatic rings. The molecule has 0 saturated heterocycles. The predicted molar refractivity (Wildman–Crippen MR) is 91.7 cm³/mol. The zero-order valence-corrected chi connectivity index (χ0v) is 13.4. The summed E-state index contributed by atoms with van der Waals surface area (Å²) in [4.78, 5) is 8.91. The second-order valence-corrected chi connectivity index (χ2v) is 6.25. The molecule has 0 aliphatic heterocycles. The van der Waals surface area contributed by atoms with Gasteiger partial charge in [-0.15, -0.1) is 0 Å². The van der Waals surface area contributed by atoms with Crippen LogP contribution in [-0.2, 0) is 0 Å². The predicted octanol–water partition coefficient (Wildman–Crippen LogP) is 4.58. The molecule has 0 atom stereocenters. The summed E-state index contributed by atoms with van der Waals surface area (Å²) in [6.45, 7) is 4.19. The van der Waals surface area contributed by atoms with Crippen LogP contribution in [0.4, 0.5) is 17.5 Å².